The summed E-state index contributed by atoms with van der Waals surface area (Å²) in [7, 11) is 0. The number of carbonyl (C=O) groups is 2. The molecule has 0 aromatic rings. The summed E-state index contributed by atoms with van der Waals surface area (Å²) in [4.78, 5) is 23.8. The number of rotatable bonds is 3. The van der Waals surface area contributed by atoms with Crippen LogP contribution in [0.5, 0.6) is 0 Å². The Kier molecular flexibility index (Phi) is 6.08. The highest BCUT2D eigenvalue weighted by Crippen LogP contribution is 2.25. The Bertz CT molecular complexity index is 396. The second kappa shape index (κ2) is 7.20. The van der Waals surface area contributed by atoms with Gasteiger partial charge in [0.1, 0.15) is 0 Å². The maximum absolute atomic E-state index is 12.0. The molecule has 1 aliphatic carbocycles. The third-order valence-electron chi connectivity index (χ3n) is 3.48. The van der Waals surface area contributed by atoms with E-state index in [0.29, 0.717) is 6.54 Å². The molecule has 1 saturated carbocycles. The quantitative estimate of drug-likeness (QED) is 0.645. The molecule has 2 atom stereocenters. The number of urea groups is 2. The summed E-state index contributed by atoms with van der Waals surface area (Å²) in [5, 5.41) is 11.7. The van der Waals surface area contributed by atoms with Gasteiger partial charge in [-0.1, -0.05) is 6.42 Å². The highest BCUT2D eigenvalue weighted by Gasteiger charge is 2.29. The van der Waals surface area contributed by atoms with Crippen molar-refractivity contribution in [3.63, 3.8) is 0 Å². The first-order valence-corrected chi connectivity index (χ1v) is 8.11. The maximum Gasteiger partial charge on any atom is 0.315 e. The highest BCUT2D eigenvalue weighted by atomic mass is 16.2. The van der Waals surface area contributed by atoms with Crippen molar-refractivity contribution in [3.05, 3.63) is 0 Å². The lowest BCUT2D eigenvalue weighted by molar-refractivity contribution is 0.222. The topological polar surface area (TPSA) is 82.3 Å². The van der Waals surface area contributed by atoms with Crippen LogP contribution in [0, 0.1) is 5.92 Å². The SMILES string of the molecule is CC(C)(C)NC(=O)NC[C@H]1CCC[C@@H]1NC(=O)NC(C)(C)C. The van der Waals surface area contributed by atoms with Gasteiger partial charge in [-0.05, 0) is 60.3 Å². The molecule has 6 heteroatoms. The molecule has 1 aliphatic rings. The second-order valence-corrected chi connectivity index (χ2v) is 8.23. The van der Waals surface area contributed by atoms with Crippen LogP contribution in [0.2, 0.25) is 0 Å². The summed E-state index contributed by atoms with van der Waals surface area (Å²) in [6.07, 6.45) is 3.06. The van der Waals surface area contributed by atoms with E-state index in [1.54, 1.807) is 0 Å². The van der Waals surface area contributed by atoms with Crippen molar-refractivity contribution in [1.29, 1.82) is 0 Å². The van der Waals surface area contributed by atoms with Gasteiger partial charge in [0.25, 0.3) is 0 Å². The van der Waals surface area contributed by atoms with Crippen LogP contribution in [-0.4, -0.2) is 35.7 Å². The van der Waals surface area contributed by atoms with E-state index in [9.17, 15) is 9.59 Å². The second-order valence-electron chi connectivity index (χ2n) is 8.23. The predicted molar refractivity (Wildman–Crippen MR) is 88.8 cm³/mol. The lowest BCUT2D eigenvalue weighted by atomic mass is 10.0. The molecule has 0 spiro atoms. The molecule has 128 valence electrons. The van der Waals surface area contributed by atoms with Crippen LogP contribution in [0.3, 0.4) is 0 Å². The van der Waals surface area contributed by atoms with E-state index in [1.807, 2.05) is 41.5 Å². The summed E-state index contributed by atoms with van der Waals surface area (Å²) >= 11 is 0. The van der Waals surface area contributed by atoms with Gasteiger partial charge < -0.3 is 21.3 Å². The van der Waals surface area contributed by atoms with E-state index in [4.69, 9.17) is 0 Å². The van der Waals surface area contributed by atoms with Gasteiger partial charge in [-0.15, -0.1) is 0 Å². The molecule has 1 fully saturated rings. The first-order valence-electron chi connectivity index (χ1n) is 8.11. The zero-order valence-electron chi connectivity index (χ0n) is 14.8. The Morgan fingerprint density at radius 2 is 1.45 bits per heavy atom. The van der Waals surface area contributed by atoms with E-state index in [2.05, 4.69) is 21.3 Å². The fourth-order valence-electron chi connectivity index (χ4n) is 2.62. The Morgan fingerprint density at radius 3 is 2.00 bits per heavy atom. The van der Waals surface area contributed by atoms with Gasteiger partial charge in [-0.3, -0.25) is 0 Å². The van der Waals surface area contributed by atoms with Crippen LogP contribution >= 0.6 is 0 Å². The number of hydrogen-bond donors (Lipinski definition) is 4. The molecule has 0 heterocycles. The Morgan fingerprint density at radius 1 is 0.909 bits per heavy atom. The average Bonchev–Trinajstić information content (AvgIpc) is 2.68. The maximum atomic E-state index is 12.0. The molecule has 6 nitrogen and oxygen atoms in total. The van der Waals surface area contributed by atoms with E-state index >= 15 is 0 Å². The van der Waals surface area contributed by atoms with Crippen molar-refractivity contribution in [3.8, 4) is 0 Å². The smallest absolute Gasteiger partial charge is 0.315 e. The number of carbonyl (C=O) groups excluding carboxylic acids is 2. The minimum atomic E-state index is -0.247. The molecular formula is C16H32N4O2. The van der Waals surface area contributed by atoms with Crippen LogP contribution in [0.4, 0.5) is 9.59 Å². The van der Waals surface area contributed by atoms with Crippen molar-refractivity contribution in [2.75, 3.05) is 6.54 Å². The molecule has 0 aromatic heterocycles. The van der Waals surface area contributed by atoms with Gasteiger partial charge in [0, 0.05) is 23.7 Å². The summed E-state index contributed by atoms with van der Waals surface area (Å²) < 4.78 is 0. The fraction of sp³-hybridized carbons (Fsp3) is 0.875. The molecule has 0 bridgehead atoms. The van der Waals surface area contributed by atoms with E-state index in [-0.39, 0.29) is 35.1 Å². The lowest BCUT2D eigenvalue weighted by Crippen LogP contribution is -2.52. The number of nitrogens with one attached hydrogen (secondary N) is 4. The van der Waals surface area contributed by atoms with Crippen LogP contribution in [-0.2, 0) is 0 Å². The van der Waals surface area contributed by atoms with Crippen LogP contribution in [0.15, 0.2) is 0 Å². The molecule has 0 saturated heterocycles. The van der Waals surface area contributed by atoms with E-state index < -0.39 is 0 Å². The summed E-state index contributed by atoms with van der Waals surface area (Å²) in [6, 6.07) is -0.168. The molecule has 4 amide bonds. The van der Waals surface area contributed by atoms with Crippen molar-refractivity contribution < 1.29 is 9.59 Å². The predicted octanol–water partition coefficient (Wildman–Crippen LogP) is 2.35. The average molecular weight is 312 g/mol. The van der Waals surface area contributed by atoms with Crippen molar-refractivity contribution in [2.45, 2.75) is 77.9 Å². The van der Waals surface area contributed by atoms with Gasteiger partial charge in [0.2, 0.25) is 0 Å². The molecule has 22 heavy (non-hydrogen) atoms. The van der Waals surface area contributed by atoms with Crippen molar-refractivity contribution in [1.82, 2.24) is 21.3 Å². The Balaban J connectivity index is 2.40. The van der Waals surface area contributed by atoms with E-state index in [1.165, 1.54) is 0 Å². The zero-order chi connectivity index (χ0) is 17.0. The molecule has 1 rings (SSSR count). The first kappa shape index (κ1) is 18.6. The van der Waals surface area contributed by atoms with Crippen LogP contribution < -0.4 is 21.3 Å². The summed E-state index contributed by atoms with van der Waals surface area (Å²) in [5.74, 6) is 0.288. The van der Waals surface area contributed by atoms with Crippen molar-refractivity contribution >= 4 is 12.1 Å². The summed E-state index contributed by atoms with van der Waals surface area (Å²) in [5.41, 5.74) is -0.493. The normalized spacial score (nSPS) is 22.1. The van der Waals surface area contributed by atoms with E-state index in [0.717, 1.165) is 19.3 Å². The van der Waals surface area contributed by atoms with Gasteiger partial charge in [-0.25, -0.2) is 9.59 Å². The standard InChI is InChI=1S/C16H32N4O2/c1-15(2,3)19-13(21)17-10-11-8-7-9-12(11)18-14(22)20-16(4,5)6/h11-12H,7-10H2,1-6H3,(H2,17,19,21)(H2,18,20,22)/t11-,12+/m1/s1. The monoisotopic (exact) mass is 312 g/mol. The minimum Gasteiger partial charge on any atom is -0.338 e. The number of amides is 4. The molecule has 0 aromatic carbocycles. The molecule has 0 aliphatic heterocycles. The Hall–Kier alpha value is -1.46. The van der Waals surface area contributed by atoms with Crippen molar-refractivity contribution in [2.24, 2.45) is 5.92 Å². The van der Waals surface area contributed by atoms with Gasteiger partial charge in [0.05, 0.1) is 0 Å². The van der Waals surface area contributed by atoms with Gasteiger partial charge >= 0.3 is 12.1 Å². The molecule has 0 radical (unpaired) electrons. The highest BCUT2D eigenvalue weighted by molar-refractivity contribution is 5.75. The fourth-order valence-corrected chi connectivity index (χ4v) is 2.62. The molecule has 4 N–H and O–H groups in total. The summed E-state index contributed by atoms with van der Waals surface area (Å²) in [6.45, 7) is 12.3. The third kappa shape index (κ3) is 7.52. The zero-order valence-corrected chi connectivity index (χ0v) is 14.8. The molecule has 0 unspecified atom stereocenters. The van der Waals surface area contributed by atoms with Crippen LogP contribution in [0.25, 0.3) is 0 Å². The Labute approximate surface area is 134 Å². The minimum absolute atomic E-state index is 0.122. The number of hydrogen-bond acceptors (Lipinski definition) is 2. The lowest BCUT2D eigenvalue weighted by Gasteiger charge is -2.26. The molecular weight excluding hydrogens is 280 g/mol. The van der Waals surface area contributed by atoms with Gasteiger partial charge in [0.15, 0.2) is 0 Å². The first-order chi connectivity index (χ1) is 9.96. The third-order valence-corrected chi connectivity index (χ3v) is 3.48. The largest absolute Gasteiger partial charge is 0.338 e. The van der Waals surface area contributed by atoms with Crippen LogP contribution in [0.1, 0.15) is 60.8 Å². The van der Waals surface area contributed by atoms with Gasteiger partial charge in [-0.2, -0.15) is 0 Å².